The van der Waals surface area contributed by atoms with E-state index in [4.69, 9.17) is 23.2 Å². The Hall–Kier alpha value is -3.63. The maximum absolute atomic E-state index is 14.4. The highest BCUT2D eigenvalue weighted by Crippen LogP contribution is 2.34. The summed E-state index contributed by atoms with van der Waals surface area (Å²) < 4.78 is 56.9. The fraction of sp³-hybridized carbons (Fsp3) is 0.318. The Morgan fingerprint density at radius 2 is 1.89 bits per heavy atom. The van der Waals surface area contributed by atoms with E-state index in [9.17, 15) is 37.5 Å². The van der Waals surface area contributed by atoms with Gasteiger partial charge in [-0.2, -0.15) is 5.26 Å². The number of piperidine rings is 1. The molecule has 4 heterocycles. The van der Waals surface area contributed by atoms with Gasteiger partial charge in [0.25, 0.3) is 17.9 Å². The number of anilines is 2. The van der Waals surface area contributed by atoms with Crippen molar-refractivity contribution in [3.05, 3.63) is 61.7 Å². The van der Waals surface area contributed by atoms with Crippen LogP contribution in [-0.2, 0) is 0 Å². The minimum atomic E-state index is -3.18. The van der Waals surface area contributed by atoms with Crippen molar-refractivity contribution in [1.82, 2.24) is 14.4 Å². The van der Waals surface area contributed by atoms with Gasteiger partial charge in [0.2, 0.25) is 0 Å². The van der Waals surface area contributed by atoms with Crippen LogP contribution >= 0.6 is 23.2 Å². The molecule has 0 aromatic carbocycles. The summed E-state index contributed by atoms with van der Waals surface area (Å²) in [5.74, 6) is -4.68. The quantitative estimate of drug-likeness (QED) is 0.332. The molecule has 2 N–H and O–H groups in total. The average Bonchev–Trinajstić information content (AvgIpc) is 2.83. The van der Waals surface area contributed by atoms with E-state index in [0.717, 1.165) is 22.7 Å². The van der Waals surface area contributed by atoms with E-state index < -0.39 is 54.0 Å². The number of alkyl halides is 4. The smallest absolute Gasteiger partial charge is 0.356 e. The minimum absolute atomic E-state index is 0.152. The molecule has 0 bridgehead atoms. The molecule has 9 nitrogen and oxygen atoms in total. The molecule has 1 aliphatic heterocycles. The van der Waals surface area contributed by atoms with Crippen molar-refractivity contribution in [1.29, 1.82) is 5.26 Å². The van der Waals surface area contributed by atoms with Gasteiger partial charge in [0.1, 0.15) is 22.9 Å². The molecule has 3 aromatic heterocycles. The van der Waals surface area contributed by atoms with Gasteiger partial charge in [-0.15, -0.1) is 0 Å². The van der Waals surface area contributed by atoms with Crippen molar-refractivity contribution in [3.8, 4) is 6.07 Å². The van der Waals surface area contributed by atoms with Crippen LogP contribution in [0.15, 0.2) is 29.2 Å². The molecule has 4 rings (SSSR count). The molecule has 0 aliphatic carbocycles. The number of carboxylic acids is 1. The maximum Gasteiger partial charge on any atom is 0.356 e. The average molecular weight is 559 g/mol. The second kappa shape index (κ2) is 10.0. The molecule has 1 aliphatic rings. The van der Waals surface area contributed by atoms with Crippen LogP contribution in [-0.4, -0.2) is 50.9 Å². The Morgan fingerprint density at radius 1 is 1.22 bits per heavy atom. The number of rotatable bonds is 6. The van der Waals surface area contributed by atoms with Gasteiger partial charge in [-0.05, 0) is 18.2 Å². The predicted octanol–water partition coefficient (Wildman–Crippen LogP) is 4.62. The lowest BCUT2D eigenvalue weighted by molar-refractivity contribution is -0.0221. The predicted molar refractivity (Wildman–Crippen MR) is 126 cm³/mol. The highest BCUT2D eigenvalue weighted by atomic mass is 35.5. The van der Waals surface area contributed by atoms with Gasteiger partial charge >= 0.3 is 5.97 Å². The van der Waals surface area contributed by atoms with Gasteiger partial charge in [-0.1, -0.05) is 23.2 Å². The molecule has 194 valence electrons. The fourth-order valence-corrected chi connectivity index (χ4v) is 4.34. The summed E-state index contributed by atoms with van der Waals surface area (Å²) in [4.78, 5) is 34.0. The van der Waals surface area contributed by atoms with E-state index >= 15 is 0 Å². The number of nitrogens with one attached hydrogen (secondary N) is 1. The number of hydrogen-bond donors (Lipinski definition) is 2. The zero-order valence-corrected chi connectivity index (χ0v) is 20.1. The van der Waals surface area contributed by atoms with Gasteiger partial charge in [-0.25, -0.2) is 32.3 Å². The minimum Gasteiger partial charge on any atom is -0.476 e. The Labute approximate surface area is 215 Å². The van der Waals surface area contributed by atoms with E-state index in [-0.39, 0.29) is 46.0 Å². The summed E-state index contributed by atoms with van der Waals surface area (Å²) in [5.41, 5.74) is -2.95. The van der Waals surface area contributed by atoms with Gasteiger partial charge in [0.05, 0.1) is 10.7 Å². The third-order valence-corrected chi connectivity index (χ3v) is 6.19. The van der Waals surface area contributed by atoms with Crippen molar-refractivity contribution in [3.63, 3.8) is 0 Å². The van der Waals surface area contributed by atoms with E-state index in [1.54, 1.807) is 6.07 Å². The summed E-state index contributed by atoms with van der Waals surface area (Å²) in [6.45, 7) is -0.440. The molecule has 0 radical (unpaired) electrons. The van der Waals surface area contributed by atoms with Crippen LogP contribution in [0.4, 0.5) is 29.1 Å². The number of nitrogens with zero attached hydrogens (tertiary/aromatic N) is 5. The number of aromatic nitrogens is 3. The highest BCUT2D eigenvalue weighted by molar-refractivity contribution is 6.30. The highest BCUT2D eigenvalue weighted by Gasteiger charge is 2.36. The first-order valence-electron chi connectivity index (χ1n) is 10.6. The van der Waals surface area contributed by atoms with Gasteiger partial charge < -0.3 is 15.3 Å². The zero-order valence-electron chi connectivity index (χ0n) is 18.6. The first-order chi connectivity index (χ1) is 17.4. The standard InChI is InChI=1S/C22H16Cl2F4N6O3/c23-10-7-11(15(17(25)26)30-13-1-2-14(24)31-16(13)21(36)37)19-32-18(12(8-29)20(35)34(19)9-10)33-5-3-22(27,28)4-6-33/h1-2,7,9,15,17,30H,3-6H2,(H,36,37)/t15-/m0/s1. The third kappa shape index (κ3) is 5.26. The molecule has 0 spiro atoms. The Kier molecular flexibility index (Phi) is 7.16. The molecule has 15 heteroatoms. The number of pyridine rings is 2. The molecule has 1 atom stereocenters. The van der Waals surface area contributed by atoms with Gasteiger partial charge in [0.15, 0.2) is 17.1 Å². The molecule has 0 amide bonds. The first-order valence-corrected chi connectivity index (χ1v) is 11.4. The summed E-state index contributed by atoms with van der Waals surface area (Å²) in [6, 6.07) is 3.21. The molecule has 0 saturated carbocycles. The number of carbonyl (C=O) groups is 1. The summed E-state index contributed by atoms with van der Waals surface area (Å²) >= 11 is 11.8. The van der Waals surface area contributed by atoms with E-state index in [0.29, 0.717) is 0 Å². The molecule has 1 fully saturated rings. The fourth-order valence-electron chi connectivity index (χ4n) is 3.98. The summed E-state index contributed by atoms with van der Waals surface area (Å²) in [6.07, 6.45) is -3.19. The van der Waals surface area contributed by atoms with Crippen LogP contribution in [0.3, 0.4) is 0 Å². The van der Waals surface area contributed by atoms with Crippen molar-refractivity contribution in [2.24, 2.45) is 0 Å². The molecule has 1 saturated heterocycles. The molecular weight excluding hydrogens is 543 g/mol. The third-order valence-electron chi connectivity index (χ3n) is 5.77. The molecular formula is C22H16Cl2F4N6O3. The summed E-state index contributed by atoms with van der Waals surface area (Å²) in [5, 5.41) is 21.1. The van der Waals surface area contributed by atoms with E-state index in [1.165, 1.54) is 11.0 Å². The number of nitriles is 1. The lowest BCUT2D eigenvalue weighted by atomic mass is 10.1. The zero-order chi connectivity index (χ0) is 27.1. The first kappa shape index (κ1) is 26.4. The lowest BCUT2D eigenvalue weighted by Gasteiger charge is -2.33. The Balaban J connectivity index is 1.90. The van der Waals surface area contributed by atoms with Crippen LogP contribution < -0.4 is 15.8 Å². The SMILES string of the molecule is N#Cc1c(N2CCC(F)(F)CC2)nc2c([C@H](Nc3ccc(Cl)nc3C(=O)O)C(F)F)cc(Cl)cn2c1=O. The van der Waals surface area contributed by atoms with Crippen molar-refractivity contribution < 1.29 is 27.5 Å². The molecule has 37 heavy (non-hydrogen) atoms. The van der Waals surface area contributed by atoms with Crippen LogP contribution in [0.2, 0.25) is 10.2 Å². The van der Waals surface area contributed by atoms with Crippen LogP contribution in [0.25, 0.3) is 5.65 Å². The number of hydrogen-bond acceptors (Lipinski definition) is 7. The van der Waals surface area contributed by atoms with Crippen molar-refractivity contribution in [2.75, 3.05) is 23.3 Å². The van der Waals surface area contributed by atoms with Crippen LogP contribution in [0, 0.1) is 11.3 Å². The summed E-state index contributed by atoms with van der Waals surface area (Å²) in [7, 11) is 0. The van der Waals surface area contributed by atoms with E-state index in [2.05, 4.69) is 15.3 Å². The number of carboxylic acid groups (broad SMARTS) is 1. The second-order valence-corrected chi connectivity index (χ2v) is 8.99. The van der Waals surface area contributed by atoms with Gasteiger partial charge in [0, 0.05) is 37.7 Å². The lowest BCUT2D eigenvalue weighted by Crippen LogP contribution is -2.41. The largest absolute Gasteiger partial charge is 0.476 e. The number of aromatic carboxylic acids is 1. The van der Waals surface area contributed by atoms with E-state index in [1.807, 2.05) is 0 Å². The van der Waals surface area contributed by atoms with Gasteiger partial charge in [-0.3, -0.25) is 9.20 Å². The van der Waals surface area contributed by atoms with Crippen LogP contribution in [0.1, 0.15) is 40.5 Å². The van der Waals surface area contributed by atoms with Crippen molar-refractivity contribution in [2.45, 2.75) is 31.2 Å². The molecule has 0 unspecified atom stereocenters. The van der Waals surface area contributed by atoms with Crippen LogP contribution in [0.5, 0.6) is 0 Å². The number of fused-ring (bicyclic) bond motifs is 1. The Bertz CT molecular complexity index is 1480. The van der Waals surface area contributed by atoms with Crippen molar-refractivity contribution >= 4 is 46.3 Å². The number of halogens is 6. The molecule has 3 aromatic rings. The normalized spacial score (nSPS) is 16.0. The topological polar surface area (TPSA) is 124 Å². The second-order valence-electron chi connectivity index (χ2n) is 8.17. The Morgan fingerprint density at radius 3 is 2.49 bits per heavy atom. The maximum atomic E-state index is 14.4. The monoisotopic (exact) mass is 558 g/mol.